The Balaban J connectivity index is 2.92. The normalized spacial score (nSPS) is 12.4. The van der Waals surface area contributed by atoms with E-state index in [2.05, 4.69) is 0 Å². The van der Waals surface area contributed by atoms with Crippen LogP contribution in [0.25, 0.3) is 5.76 Å². The monoisotopic (exact) mass is 245 g/mol. The Morgan fingerprint density at radius 2 is 1.82 bits per heavy atom. The van der Waals surface area contributed by atoms with Gasteiger partial charge in [0, 0.05) is 0 Å². The molecule has 0 aliphatic rings. The number of rotatable bonds is 3. The van der Waals surface area contributed by atoms with Crippen LogP contribution < -0.4 is 9.84 Å². The number of alkyl halides is 3. The molecule has 1 aromatic rings. The Bertz CT molecular complexity index is 432. The minimum atomic E-state index is -5.03. The second-order valence-electron chi connectivity index (χ2n) is 3.10. The van der Waals surface area contributed by atoms with Gasteiger partial charge in [0.2, 0.25) is 0 Å². The summed E-state index contributed by atoms with van der Waals surface area (Å²) < 4.78 is 40.5. The molecule has 6 heteroatoms. The summed E-state index contributed by atoms with van der Waals surface area (Å²) >= 11 is 0. The first-order valence-electron chi connectivity index (χ1n) is 4.49. The molecule has 92 valence electrons. The number of allylic oxidation sites excluding steroid dienone is 1. The van der Waals surface area contributed by atoms with Gasteiger partial charge in [0.1, 0.15) is 5.75 Å². The van der Waals surface area contributed by atoms with Crippen LogP contribution in [-0.2, 0) is 4.79 Å². The van der Waals surface area contributed by atoms with Gasteiger partial charge in [0.15, 0.2) is 0 Å². The van der Waals surface area contributed by atoms with Gasteiger partial charge in [0.05, 0.1) is 7.11 Å². The van der Waals surface area contributed by atoms with E-state index in [9.17, 15) is 23.1 Å². The predicted molar refractivity (Wildman–Crippen MR) is 52.0 cm³/mol. The fourth-order valence-electron chi connectivity index (χ4n) is 1.04. The second kappa shape index (κ2) is 4.90. The van der Waals surface area contributed by atoms with E-state index in [4.69, 9.17) is 4.74 Å². The molecule has 0 unspecified atom stereocenters. The van der Waals surface area contributed by atoms with Crippen molar-refractivity contribution >= 4 is 11.5 Å². The Hall–Kier alpha value is -1.98. The molecule has 0 N–H and O–H groups in total. The average Bonchev–Trinajstić information content (AvgIpc) is 2.27. The van der Waals surface area contributed by atoms with Crippen LogP contribution >= 0.6 is 0 Å². The van der Waals surface area contributed by atoms with E-state index in [1.165, 1.54) is 31.4 Å². The Kier molecular flexibility index (Phi) is 3.77. The summed E-state index contributed by atoms with van der Waals surface area (Å²) in [4.78, 5) is 10.5. The topological polar surface area (TPSA) is 49.4 Å². The minimum Gasteiger partial charge on any atom is -0.872 e. The summed E-state index contributed by atoms with van der Waals surface area (Å²) in [6.07, 6.45) is -5.00. The second-order valence-corrected chi connectivity index (χ2v) is 3.10. The van der Waals surface area contributed by atoms with Gasteiger partial charge in [-0.05, 0) is 23.8 Å². The van der Waals surface area contributed by atoms with Crippen molar-refractivity contribution in [3.8, 4) is 5.75 Å². The van der Waals surface area contributed by atoms with E-state index in [1.807, 2.05) is 0 Å². The zero-order chi connectivity index (χ0) is 13.1. The van der Waals surface area contributed by atoms with Crippen LogP contribution in [0.3, 0.4) is 0 Å². The summed E-state index contributed by atoms with van der Waals surface area (Å²) in [6.45, 7) is 0. The lowest BCUT2D eigenvalue weighted by molar-refractivity contribution is -0.244. The maximum atomic E-state index is 11.9. The molecule has 0 saturated carbocycles. The number of halogens is 3. The molecule has 0 aromatic heterocycles. The van der Waals surface area contributed by atoms with Crippen LogP contribution in [0.5, 0.6) is 5.75 Å². The first-order chi connectivity index (χ1) is 7.84. The number of hydrogen-bond acceptors (Lipinski definition) is 3. The zero-order valence-electron chi connectivity index (χ0n) is 8.75. The molecule has 0 saturated heterocycles. The third-order valence-corrected chi connectivity index (χ3v) is 1.92. The summed E-state index contributed by atoms with van der Waals surface area (Å²) in [5.74, 6) is -2.70. The van der Waals surface area contributed by atoms with E-state index < -0.39 is 17.7 Å². The quantitative estimate of drug-likeness (QED) is 0.599. The van der Waals surface area contributed by atoms with Gasteiger partial charge in [-0.3, -0.25) is 4.79 Å². The molecular formula is C11H8F3O3-. The molecule has 0 aliphatic heterocycles. The third-order valence-electron chi connectivity index (χ3n) is 1.92. The van der Waals surface area contributed by atoms with Crippen molar-refractivity contribution in [3.05, 3.63) is 35.9 Å². The molecule has 0 amide bonds. The highest BCUT2D eigenvalue weighted by atomic mass is 19.4. The lowest BCUT2D eigenvalue weighted by atomic mass is 10.1. The van der Waals surface area contributed by atoms with E-state index >= 15 is 0 Å². The Labute approximate surface area is 95.1 Å². The number of benzene rings is 1. The van der Waals surface area contributed by atoms with Crippen molar-refractivity contribution in [2.24, 2.45) is 0 Å². The molecule has 0 heterocycles. The molecule has 0 aliphatic carbocycles. The van der Waals surface area contributed by atoms with E-state index in [-0.39, 0.29) is 11.6 Å². The molecule has 0 radical (unpaired) electrons. The van der Waals surface area contributed by atoms with Crippen LogP contribution in [0.2, 0.25) is 0 Å². The number of hydrogen-bond donors (Lipinski definition) is 0. The third kappa shape index (κ3) is 3.51. The summed E-state index contributed by atoms with van der Waals surface area (Å²) in [5.41, 5.74) is -0.0107. The summed E-state index contributed by atoms with van der Waals surface area (Å²) in [6, 6.07) is 5.39. The number of carbonyl (C=O) groups excluding carboxylic acids is 1. The van der Waals surface area contributed by atoms with Gasteiger partial charge >= 0.3 is 6.18 Å². The van der Waals surface area contributed by atoms with Gasteiger partial charge < -0.3 is 9.84 Å². The van der Waals surface area contributed by atoms with Gasteiger partial charge in [-0.1, -0.05) is 17.9 Å². The van der Waals surface area contributed by atoms with Gasteiger partial charge in [-0.2, -0.15) is 13.2 Å². The van der Waals surface area contributed by atoms with E-state index in [0.29, 0.717) is 5.75 Å². The molecule has 1 rings (SSSR count). The van der Waals surface area contributed by atoms with Crippen LogP contribution in [0.15, 0.2) is 30.3 Å². The summed E-state index contributed by atoms with van der Waals surface area (Å²) in [5, 5.41) is 11.3. The molecule has 0 bridgehead atoms. The van der Waals surface area contributed by atoms with Crippen molar-refractivity contribution < 1.29 is 27.8 Å². The van der Waals surface area contributed by atoms with Crippen LogP contribution in [0.1, 0.15) is 5.56 Å². The van der Waals surface area contributed by atoms with Crippen molar-refractivity contribution in [1.82, 2.24) is 0 Å². The molecule has 3 nitrogen and oxygen atoms in total. The Morgan fingerprint density at radius 1 is 1.29 bits per heavy atom. The van der Waals surface area contributed by atoms with Crippen molar-refractivity contribution in [1.29, 1.82) is 0 Å². The number of ketones is 1. The van der Waals surface area contributed by atoms with Crippen LogP contribution in [0, 0.1) is 0 Å². The molecule has 0 spiro atoms. The number of carbonyl (C=O) groups is 1. The largest absolute Gasteiger partial charge is 0.872 e. The lowest BCUT2D eigenvalue weighted by Gasteiger charge is -2.13. The highest BCUT2D eigenvalue weighted by molar-refractivity contribution is 5.98. The molecular weight excluding hydrogens is 237 g/mol. The molecule has 17 heavy (non-hydrogen) atoms. The number of methoxy groups -OCH3 is 1. The van der Waals surface area contributed by atoms with Crippen molar-refractivity contribution in [2.75, 3.05) is 7.11 Å². The predicted octanol–water partition coefficient (Wildman–Crippen LogP) is 1.53. The van der Waals surface area contributed by atoms with Gasteiger partial charge in [0.25, 0.3) is 5.78 Å². The fraction of sp³-hybridized carbons (Fsp3) is 0.182. The van der Waals surface area contributed by atoms with Gasteiger partial charge in [-0.25, -0.2) is 0 Å². The first kappa shape index (κ1) is 13.1. The fourth-order valence-corrected chi connectivity index (χ4v) is 1.04. The van der Waals surface area contributed by atoms with E-state index in [1.54, 1.807) is 0 Å². The maximum Gasteiger partial charge on any atom is 0.454 e. The zero-order valence-corrected chi connectivity index (χ0v) is 8.75. The van der Waals surface area contributed by atoms with Crippen LogP contribution in [0.4, 0.5) is 13.2 Å². The first-order valence-corrected chi connectivity index (χ1v) is 4.49. The average molecular weight is 245 g/mol. The van der Waals surface area contributed by atoms with Gasteiger partial charge in [-0.15, -0.1) is 0 Å². The van der Waals surface area contributed by atoms with E-state index in [0.717, 1.165) is 0 Å². The molecule has 1 aromatic carbocycles. The highest BCUT2D eigenvalue weighted by Crippen LogP contribution is 2.20. The maximum absolute atomic E-state index is 11.9. The summed E-state index contributed by atoms with van der Waals surface area (Å²) in [7, 11) is 1.41. The number of ether oxygens (including phenoxy) is 1. The Morgan fingerprint density at radius 3 is 2.24 bits per heavy atom. The molecule has 0 fully saturated rings. The standard InChI is InChI=1S/C11H9F3O3/c1-17-8-4-2-7(3-5-8)9(15)6-10(16)11(12,13)14/h2-6,15H,1H3/p-1/b9-6-. The lowest BCUT2D eigenvalue weighted by Crippen LogP contribution is -2.21. The minimum absolute atomic E-state index is 0.0107. The molecule has 0 atom stereocenters. The van der Waals surface area contributed by atoms with Crippen molar-refractivity contribution in [2.45, 2.75) is 6.18 Å². The van der Waals surface area contributed by atoms with Crippen LogP contribution in [-0.4, -0.2) is 19.1 Å². The van der Waals surface area contributed by atoms with Crippen molar-refractivity contribution in [3.63, 3.8) is 0 Å². The highest BCUT2D eigenvalue weighted by Gasteiger charge is 2.36. The SMILES string of the molecule is COc1ccc(/C([O-])=C/C(=O)C(F)(F)F)cc1. The smallest absolute Gasteiger partial charge is 0.454 e.